The Morgan fingerprint density at radius 2 is 1.61 bits per heavy atom. The second kappa shape index (κ2) is 7.45. The van der Waals surface area contributed by atoms with Gasteiger partial charge in [0.25, 0.3) is 0 Å². The van der Waals surface area contributed by atoms with E-state index in [2.05, 4.69) is 32.2 Å². The van der Waals surface area contributed by atoms with E-state index in [0.29, 0.717) is 0 Å². The zero-order valence-electron chi connectivity index (χ0n) is 19.5. The van der Waals surface area contributed by atoms with Gasteiger partial charge in [0.1, 0.15) is 0 Å². The van der Waals surface area contributed by atoms with Crippen LogP contribution in [0, 0.1) is 0 Å². The summed E-state index contributed by atoms with van der Waals surface area (Å²) < 4.78 is 1.78. The lowest BCUT2D eigenvalue weighted by Gasteiger charge is -2.35. The summed E-state index contributed by atoms with van der Waals surface area (Å²) in [6.07, 6.45) is 0.0653. The molecule has 33 heavy (non-hydrogen) atoms. The Bertz CT molecular complexity index is 1390. The van der Waals surface area contributed by atoms with Crippen molar-refractivity contribution in [1.82, 2.24) is 4.57 Å². The summed E-state index contributed by atoms with van der Waals surface area (Å²) in [5.74, 6) is -0.250. The molecule has 0 aliphatic carbocycles. The fourth-order valence-electron chi connectivity index (χ4n) is 4.87. The fourth-order valence-corrected chi connectivity index (χ4v) is 4.87. The number of benzene rings is 3. The molecule has 0 saturated heterocycles. The Morgan fingerprint density at radius 1 is 0.939 bits per heavy atom. The zero-order valence-corrected chi connectivity index (χ0v) is 19.5. The highest BCUT2D eigenvalue weighted by Gasteiger charge is 2.44. The zero-order chi connectivity index (χ0) is 23.4. The average molecular weight is 437 g/mol. The van der Waals surface area contributed by atoms with Crippen LogP contribution in [0.1, 0.15) is 50.0 Å². The van der Waals surface area contributed by atoms with Crippen molar-refractivity contribution in [2.75, 3.05) is 5.32 Å². The number of nitrogens with zero attached hydrogens (tertiary/aromatic N) is 1. The van der Waals surface area contributed by atoms with Crippen LogP contribution in [0.5, 0.6) is 0 Å². The van der Waals surface area contributed by atoms with E-state index in [9.17, 15) is 9.59 Å². The van der Waals surface area contributed by atoms with Crippen molar-refractivity contribution in [2.24, 2.45) is 0 Å². The third-order valence-electron chi connectivity index (χ3n) is 6.73. The standard InChI is InChI=1S/C29H28N2O2/c1-28(2,3)20-13-15-21(16-14-20)30-26(32)18-29(4)23-11-7-6-10-22(23)25-17-19-9-5-8-12-24(19)31(25)27(29)33/h5-17H,18H2,1-4H3,(H,30,32). The summed E-state index contributed by atoms with van der Waals surface area (Å²) >= 11 is 0. The smallest absolute Gasteiger partial charge is 0.242 e. The first kappa shape index (κ1) is 21.2. The minimum Gasteiger partial charge on any atom is -0.326 e. The van der Waals surface area contributed by atoms with E-state index in [1.165, 1.54) is 5.56 Å². The maximum Gasteiger partial charge on any atom is 0.242 e. The molecular formula is C29H28N2O2. The molecule has 4 nitrogen and oxygen atoms in total. The van der Waals surface area contributed by atoms with E-state index in [1.54, 1.807) is 4.57 Å². The summed E-state index contributed by atoms with van der Waals surface area (Å²) in [4.78, 5) is 27.1. The largest absolute Gasteiger partial charge is 0.326 e. The van der Waals surface area contributed by atoms with Gasteiger partial charge in [0.15, 0.2) is 0 Å². The molecule has 1 unspecified atom stereocenters. The van der Waals surface area contributed by atoms with E-state index in [-0.39, 0.29) is 23.7 Å². The lowest BCUT2D eigenvalue weighted by Crippen LogP contribution is -2.43. The minimum atomic E-state index is -0.971. The summed E-state index contributed by atoms with van der Waals surface area (Å²) in [7, 11) is 0. The normalized spacial score (nSPS) is 17.5. The second-order valence-electron chi connectivity index (χ2n) is 10.2. The third-order valence-corrected chi connectivity index (χ3v) is 6.73. The molecule has 166 valence electrons. The first-order chi connectivity index (χ1) is 15.7. The molecule has 0 saturated carbocycles. The minimum absolute atomic E-state index is 0.0471. The Hall–Kier alpha value is -3.66. The van der Waals surface area contributed by atoms with Gasteiger partial charge < -0.3 is 5.32 Å². The lowest BCUT2D eigenvalue weighted by atomic mass is 9.73. The predicted octanol–water partition coefficient (Wildman–Crippen LogP) is 6.55. The molecule has 1 N–H and O–H groups in total. The van der Waals surface area contributed by atoms with Gasteiger partial charge in [-0.25, -0.2) is 0 Å². The van der Waals surface area contributed by atoms with Gasteiger partial charge in [-0.2, -0.15) is 0 Å². The summed E-state index contributed by atoms with van der Waals surface area (Å²) in [6, 6.07) is 25.8. The van der Waals surface area contributed by atoms with Crippen LogP contribution in [0.2, 0.25) is 0 Å². The van der Waals surface area contributed by atoms with E-state index >= 15 is 0 Å². The van der Waals surface area contributed by atoms with Gasteiger partial charge in [0, 0.05) is 23.1 Å². The molecule has 0 bridgehead atoms. The highest BCUT2D eigenvalue weighted by molar-refractivity contribution is 6.09. The van der Waals surface area contributed by atoms with Gasteiger partial charge >= 0.3 is 0 Å². The van der Waals surface area contributed by atoms with Crippen LogP contribution in [0.15, 0.2) is 78.9 Å². The van der Waals surface area contributed by atoms with Crippen LogP contribution >= 0.6 is 0 Å². The molecule has 2 heterocycles. The Balaban J connectivity index is 1.50. The average Bonchev–Trinajstić information content (AvgIpc) is 3.17. The molecule has 0 fully saturated rings. The van der Waals surface area contributed by atoms with Crippen molar-refractivity contribution in [2.45, 2.75) is 44.9 Å². The number of nitrogens with one attached hydrogen (secondary N) is 1. The van der Waals surface area contributed by atoms with Gasteiger partial charge in [-0.3, -0.25) is 14.2 Å². The maximum atomic E-state index is 13.9. The molecule has 1 atom stereocenters. The van der Waals surface area contributed by atoms with Crippen LogP contribution in [0.4, 0.5) is 5.69 Å². The van der Waals surface area contributed by atoms with Crippen LogP contribution in [0.25, 0.3) is 22.2 Å². The molecule has 1 aromatic heterocycles. The second-order valence-corrected chi connectivity index (χ2v) is 10.2. The number of carbonyl (C=O) groups excluding carboxylic acids is 2. The summed E-state index contributed by atoms with van der Waals surface area (Å²) in [6.45, 7) is 8.36. The van der Waals surface area contributed by atoms with E-state index in [1.807, 2.05) is 79.7 Å². The molecule has 0 radical (unpaired) electrons. The Morgan fingerprint density at radius 3 is 2.33 bits per heavy atom. The lowest BCUT2D eigenvalue weighted by molar-refractivity contribution is -0.117. The summed E-state index contributed by atoms with van der Waals surface area (Å²) in [5, 5.41) is 4.02. The van der Waals surface area contributed by atoms with Gasteiger partial charge in [-0.05, 0) is 47.7 Å². The highest BCUT2D eigenvalue weighted by Crippen LogP contribution is 2.44. The summed E-state index contributed by atoms with van der Waals surface area (Å²) in [5.41, 5.74) is 4.66. The van der Waals surface area contributed by atoms with E-state index in [4.69, 9.17) is 0 Å². The number of carbonyl (C=O) groups is 2. The van der Waals surface area contributed by atoms with Crippen molar-refractivity contribution in [3.05, 3.63) is 90.0 Å². The molecule has 4 aromatic rings. The van der Waals surface area contributed by atoms with Crippen LogP contribution in [-0.2, 0) is 15.6 Å². The maximum absolute atomic E-state index is 13.9. The van der Waals surface area contributed by atoms with Crippen molar-refractivity contribution in [3.8, 4) is 11.3 Å². The van der Waals surface area contributed by atoms with Gasteiger partial charge in [-0.1, -0.05) is 75.4 Å². The van der Waals surface area contributed by atoms with E-state index < -0.39 is 5.41 Å². The van der Waals surface area contributed by atoms with Crippen LogP contribution < -0.4 is 5.32 Å². The number of anilines is 1. The number of amides is 1. The Labute approximate surface area is 194 Å². The van der Waals surface area contributed by atoms with Crippen molar-refractivity contribution >= 4 is 28.4 Å². The SMILES string of the molecule is CC(C)(C)c1ccc(NC(=O)CC2(C)C(=O)n3c(cc4ccccc43)-c3ccccc32)cc1. The Kier molecular flexibility index (Phi) is 4.78. The van der Waals surface area contributed by atoms with Crippen LogP contribution in [0.3, 0.4) is 0 Å². The van der Waals surface area contributed by atoms with Crippen LogP contribution in [-0.4, -0.2) is 16.4 Å². The number of rotatable bonds is 3. The number of para-hydroxylation sites is 1. The molecule has 1 aliphatic rings. The molecule has 4 heteroatoms. The number of aromatic nitrogens is 1. The molecule has 3 aromatic carbocycles. The quantitative estimate of drug-likeness (QED) is 0.396. The van der Waals surface area contributed by atoms with Gasteiger partial charge in [0.2, 0.25) is 11.8 Å². The number of fused-ring (bicyclic) bond motifs is 5. The molecular weight excluding hydrogens is 408 g/mol. The monoisotopic (exact) mass is 436 g/mol. The molecule has 5 rings (SSSR count). The third kappa shape index (κ3) is 3.46. The van der Waals surface area contributed by atoms with Crippen molar-refractivity contribution < 1.29 is 9.59 Å². The van der Waals surface area contributed by atoms with Gasteiger partial charge in [-0.15, -0.1) is 0 Å². The number of hydrogen-bond acceptors (Lipinski definition) is 2. The fraction of sp³-hybridized carbons (Fsp3) is 0.241. The molecule has 0 spiro atoms. The predicted molar refractivity (Wildman–Crippen MR) is 134 cm³/mol. The van der Waals surface area contributed by atoms with Crippen molar-refractivity contribution in [1.29, 1.82) is 0 Å². The molecule has 1 amide bonds. The van der Waals surface area contributed by atoms with E-state index in [0.717, 1.165) is 33.4 Å². The van der Waals surface area contributed by atoms with Crippen molar-refractivity contribution in [3.63, 3.8) is 0 Å². The first-order valence-corrected chi connectivity index (χ1v) is 11.3. The number of hydrogen-bond donors (Lipinski definition) is 1. The topological polar surface area (TPSA) is 51.1 Å². The first-order valence-electron chi connectivity index (χ1n) is 11.3. The van der Waals surface area contributed by atoms with Gasteiger partial charge in [0.05, 0.1) is 16.6 Å². The molecule has 1 aliphatic heterocycles. The highest BCUT2D eigenvalue weighted by atomic mass is 16.2.